The van der Waals surface area contributed by atoms with Gasteiger partial charge in [-0.25, -0.2) is 0 Å². The van der Waals surface area contributed by atoms with Gasteiger partial charge in [0.2, 0.25) is 0 Å². The lowest BCUT2D eigenvalue weighted by Gasteiger charge is -1.92. The van der Waals surface area contributed by atoms with Crippen LogP contribution in [0.4, 0.5) is 0 Å². The molecule has 0 heterocycles. The van der Waals surface area contributed by atoms with Gasteiger partial charge in [0.25, 0.3) is 0 Å². The van der Waals surface area contributed by atoms with Crippen molar-refractivity contribution in [2.24, 2.45) is 0 Å². The number of allylic oxidation sites excluding steroid dienone is 2. The Morgan fingerprint density at radius 1 is 1.31 bits per heavy atom. The van der Waals surface area contributed by atoms with E-state index in [0.717, 1.165) is 6.42 Å². The number of unbranched alkanes of at least 4 members (excludes halogenated alkanes) is 4. The highest BCUT2D eigenvalue weighted by Gasteiger charge is 1.83. The molecule has 1 heteroatoms. The van der Waals surface area contributed by atoms with Crippen molar-refractivity contribution in [3.8, 4) is 11.8 Å². The van der Waals surface area contributed by atoms with E-state index in [2.05, 4.69) is 24.8 Å². The molecule has 0 amide bonds. The molecule has 0 fully saturated rings. The zero-order chi connectivity index (χ0) is 9.94. The van der Waals surface area contributed by atoms with Crippen LogP contribution in [-0.4, -0.2) is 11.2 Å². The number of hydrogen-bond donors (Lipinski definition) is 1. The first-order valence-corrected chi connectivity index (χ1v) is 5.11. The van der Waals surface area contributed by atoms with Gasteiger partial charge in [-0.05, 0) is 25.8 Å². The van der Waals surface area contributed by atoms with E-state index in [9.17, 15) is 0 Å². The van der Waals surface area contributed by atoms with Gasteiger partial charge in [-0.1, -0.05) is 44.1 Å². The van der Waals surface area contributed by atoms with E-state index in [1.807, 2.05) is 6.08 Å². The van der Waals surface area contributed by atoms with Gasteiger partial charge in [0.05, 0.1) is 0 Å². The maximum absolute atomic E-state index is 8.82. The minimum atomic E-state index is -0.509. The number of aliphatic hydroxyl groups is 1. The summed E-state index contributed by atoms with van der Waals surface area (Å²) in [6.45, 7) is 3.88. The zero-order valence-electron chi connectivity index (χ0n) is 8.71. The number of aliphatic hydroxyl groups excluding tert-OH is 1. The van der Waals surface area contributed by atoms with Gasteiger partial charge in [0.1, 0.15) is 6.10 Å². The average Bonchev–Trinajstić information content (AvgIpc) is 2.09. The first kappa shape index (κ1) is 12.3. The Balaban J connectivity index is 3.28. The second-order valence-electron chi connectivity index (χ2n) is 3.22. The number of hydrogen-bond acceptors (Lipinski definition) is 1. The summed E-state index contributed by atoms with van der Waals surface area (Å²) in [5, 5.41) is 8.82. The molecule has 1 unspecified atom stereocenters. The Morgan fingerprint density at radius 2 is 2.08 bits per heavy atom. The molecule has 0 rings (SSSR count). The molecule has 0 saturated carbocycles. The smallest absolute Gasteiger partial charge is 0.112 e. The Hall–Kier alpha value is -0.740. The van der Waals surface area contributed by atoms with Gasteiger partial charge in [0.15, 0.2) is 0 Å². The fraction of sp³-hybridized carbons (Fsp3) is 0.667. The highest BCUT2D eigenvalue weighted by atomic mass is 16.3. The Labute approximate surface area is 81.9 Å². The van der Waals surface area contributed by atoms with Gasteiger partial charge in [-0.2, -0.15) is 0 Å². The van der Waals surface area contributed by atoms with Gasteiger partial charge >= 0.3 is 0 Å². The van der Waals surface area contributed by atoms with E-state index in [1.54, 1.807) is 6.92 Å². The van der Waals surface area contributed by atoms with E-state index in [-0.39, 0.29) is 0 Å². The molecule has 1 N–H and O–H groups in total. The average molecular weight is 180 g/mol. The van der Waals surface area contributed by atoms with Crippen molar-refractivity contribution in [2.75, 3.05) is 0 Å². The van der Waals surface area contributed by atoms with Gasteiger partial charge in [-0.3, -0.25) is 0 Å². The molecule has 0 aliphatic rings. The van der Waals surface area contributed by atoms with Crippen LogP contribution in [0, 0.1) is 11.8 Å². The Bertz CT molecular complexity index is 181. The Morgan fingerprint density at radius 3 is 2.69 bits per heavy atom. The largest absolute Gasteiger partial charge is 0.381 e. The van der Waals surface area contributed by atoms with Crippen LogP contribution in [0.3, 0.4) is 0 Å². The molecule has 0 spiro atoms. The van der Waals surface area contributed by atoms with E-state index < -0.39 is 6.10 Å². The topological polar surface area (TPSA) is 20.2 Å². The van der Waals surface area contributed by atoms with E-state index in [4.69, 9.17) is 5.11 Å². The molecule has 1 nitrogen and oxygen atoms in total. The summed E-state index contributed by atoms with van der Waals surface area (Å²) in [5.74, 6) is 5.46. The molecule has 0 aliphatic heterocycles. The molecular weight excluding hydrogens is 160 g/mol. The number of rotatable bonds is 5. The predicted molar refractivity (Wildman–Crippen MR) is 57.4 cm³/mol. The molecular formula is C12H20O. The fourth-order valence-electron chi connectivity index (χ4n) is 1.000. The molecule has 1 atom stereocenters. The lowest BCUT2D eigenvalue weighted by Crippen LogP contribution is -1.91. The van der Waals surface area contributed by atoms with Gasteiger partial charge < -0.3 is 5.11 Å². The summed E-state index contributed by atoms with van der Waals surface area (Å²) >= 11 is 0. The van der Waals surface area contributed by atoms with Crippen molar-refractivity contribution in [1.29, 1.82) is 0 Å². The third-order valence-corrected chi connectivity index (χ3v) is 1.72. The van der Waals surface area contributed by atoms with Crippen LogP contribution >= 0.6 is 0 Å². The maximum atomic E-state index is 8.82. The van der Waals surface area contributed by atoms with Crippen LogP contribution in [-0.2, 0) is 0 Å². The van der Waals surface area contributed by atoms with E-state index in [0.29, 0.717) is 0 Å². The molecule has 0 saturated heterocycles. The Kier molecular flexibility index (Phi) is 8.82. The lowest BCUT2D eigenvalue weighted by molar-refractivity contribution is 0.253. The van der Waals surface area contributed by atoms with Crippen molar-refractivity contribution in [3.05, 3.63) is 12.2 Å². The molecule has 0 aromatic rings. The molecule has 0 aromatic heterocycles. The second kappa shape index (κ2) is 9.35. The SMILES string of the molecule is CCCCCC/C=C\C#CC(C)O. The highest BCUT2D eigenvalue weighted by molar-refractivity contribution is 5.16. The van der Waals surface area contributed by atoms with Crippen molar-refractivity contribution >= 4 is 0 Å². The maximum Gasteiger partial charge on any atom is 0.112 e. The highest BCUT2D eigenvalue weighted by Crippen LogP contribution is 2.02. The zero-order valence-corrected chi connectivity index (χ0v) is 8.71. The molecule has 0 bridgehead atoms. The van der Waals surface area contributed by atoms with Crippen molar-refractivity contribution in [1.82, 2.24) is 0 Å². The minimum absolute atomic E-state index is 0.509. The summed E-state index contributed by atoms with van der Waals surface area (Å²) in [6, 6.07) is 0. The van der Waals surface area contributed by atoms with Crippen LogP contribution in [0.2, 0.25) is 0 Å². The quantitative estimate of drug-likeness (QED) is 0.509. The summed E-state index contributed by atoms with van der Waals surface area (Å²) in [4.78, 5) is 0. The van der Waals surface area contributed by atoms with Gasteiger partial charge in [0, 0.05) is 0 Å². The van der Waals surface area contributed by atoms with Crippen LogP contribution in [0.5, 0.6) is 0 Å². The van der Waals surface area contributed by atoms with E-state index in [1.165, 1.54) is 25.7 Å². The summed E-state index contributed by atoms with van der Waals surface area (Å²) in [5.41, 5.74) is 0. The van der Waals surface area contributed by atoms with Crippen molar-refractivity contribution in [2.45, 2.75) is 52.1 Å². The van der Waals surface area contributed by atoms with Crippen molar-refractivity contribution in [3.63, 3.8) is 0 Å². The standard InChI is InChI=1S/C12H20O/c1-3-4-5-6-7-8-9-10-11-12(2)13/h8-9,12-13H,3-7H2,1-2H3/b9-8-. The van der Waals surface area contributed by atoms with Crippen LogP contribution in [0.15, 0.2) is 12.2 Å². The molecule has 74 valence electrons. The molecule has 0 aliphatic carbocycles. The predicted octanol–water partition coefficient (Wildman–Crippen LogP) is 2.90. The fourth-order valence-corrected chi connectivity index (χ4v) is 1.000. The van der Waals surface area contributed by atoms with Crippen LogP contribution in [0.1, 0.15) is 46.0 Å². The summed E-state index contributed by atoms with van der Waals surface area (Å²) < 4.78 is 0. The normalized spacial score (nSPS) is 12.5. The molecule has 13 heavy (non-hydrogen) atoms. The molecule has 0 radical (unpaired) electrons. The summed E-state index contributed by atoms with van der Waals surface area (Å²) in [7, 11) is 0. The third kappa shape index (κ3) is 11.3. The van der Waals surface area contributed by atoms with E-state index >= 15 is 0 Å². The second-order valence-corrected chi connectivity index (χ2v) is 3.22. The first-order valence-electron chi connectivity index (χ1n) is 5.11. The minimum Gasteiger partial charge on any atom is -0.381 e. The van der Waals surface area contributed by atoms with Gasteiger partial charge in [-0.15, -0.1) is 0 Å². The van der Waals surface area contributed by atoms with Crippen molar-refractivity contribution < 1.29 is 5.11 Å². The lowest BCUT2D eigenvalue weighted by atomic mass is 10.1. The van der Waals surface area contributed by atoms with Crippen LogP contribution < -0.4 is 0 Å². The molecule has 0 aromatic carbocycles. The third-order valence-electron chi connectivity index (χ3n) is 1.72. The summed E-state index contributed by atoms with van der Waals surface area (Å²) in [6.07, 6.45) is 9.67. The van der Waals surface area contributed by atoms with Crippen LogP contribution in [0.25, 0.3) is 0 Å². The first-order chi connectivity index (χ1) is 6.27. The monoisotopic (exact) mass is 180 g/mol.